The van der Waals surface area contributed by atoms with Crippen molar-refractivity contribution in [2.75, 3.05) is 20.1 Å². The van der Waals surface area contributed by atoms with Crippen LogP contribution in [0.2, 0.25) is 0 Å². The minimum absolute atomic E-state index is 0.466. The Balaban J connectivity index is 1.60. The molecule has 0 unspecified atom stereocenters. The van der Waals surface area contributed by atoms with Crippen molar-refractivity contribution in [2.24, 2.45) is 5.92 Å². The summed E-state index contributed by atoms with van der Waals surface area (Å²) in [4.78, 5) is 14.0. The van der Waals surface area contributed by atoms with Gasteiger partial charge in [-0.2, -0.15) is 0 Å². The van der Waals surface area contributed by atoms with Gasteiger partial charge in [0.15, 0.2) is 0 Å². The fraction of sp³-hybridized carbons (Fsp3) is 0.467. The molecule has 0 saturated carbocycles. The third-order valence-electron chi connectivity index (χ3n) is 4.05. The van der Waals surface area contributed by atoms with Crippen LogP contribution in [0.25, 0.3) is 0 Å². The lowest BCUT2D eigenvalue weighted by atomic mass is 9.95. The largest absolute Gasteiger partial charge is 0.348 e. The lowest BCUT2D eigenvalue weighted by molar-refractivity contribution is 0.271. The van der Waals surface area contributed by atoms with Gasteiger partial charge < -0.3 is 10.3 Å². The standard InChI is InChI=1S/C15H21N5/c1-20-8-4-13(10-17-11-14-18-6-7-19-14)15(20)12-3-2-5-16-9-12/h2-3,5-7,9,13,15,17H,4,8,10-11H2,1H3,(H,18,19)/t13-,15-/m0/s1. The molecule has 5 heteroatoms. The molecule has 1 saturated heterocycles. The molecule has 2 aromatic rings. The number of nitrogens with one attached hydrogen (secondary N) is 2. The highest BCUT2D eigenvalue weighted by Crippen LogP contribution is 2.35. The summed E-state index contributed by atoms with van der Waals surface area (Å²) in [7, 11) is 2.20. The molecule has 2 atom stereocenters. The first-order chi connectivity index (χ1) is 9.84. The van der Waals surface area contributed by atoms with Gasteiger partial charge in [0.2, 0.25) is 0 Å². The molecule has 0 aliphatic carbocycles. The van der Waals surface area contributed by atoms with E-state index < -0.39 is 0 Å². The number of H-pyrrole nitrogens is 1. The summed E-state index contributed by atoms with van der Waals surface area (Å²) in [5, 5.41) is 3.51. The molecule has 1 aliphatic heterocycles. The van der Waals surface area contributed by atoms with Gasteiger partial charge in [-0.1, -0.05) is 6.07 Å². The van der Waals surface area contributed by atoms with Gasteiger partial charge in [-0.15, -0.1) is 0 Å². The quantitative estimate of drug-likeness (QED) is 0.867. The van der Waals surface area contributed by atoms with Crippen LogP contribution in [0.4, 0.5) is 0 Å². The zero-order valence-electron chi connectivity index (χ0n) is 11.8. The number of likely N-dealkylation sites (tertiary alicyclic amines) is 1. The summed E-state index contributed by atoms with van der Waals surface area (Å²) in [5.74, 6) is 1.62. The van der Waals surface area contributed by atoms with Crippen LogP contribution in [0, 0.1) is 5.92 Å². The molecule has 3 heterocycles. The average molecular weight is 271 g/mol. The SMILES string of the molecule is CN1CC[C@@H](CNCc2ncc[nH]2)[C@@H]1c1cccnc1. The molecule has 5 nitrogen and oxygen atoms in total. The van der Waals surface area contributed by atoms with Gasteiger partial charge in [0.25, 0.3) is 0 Å². The first-order valence-corrected chi connectivity index (χ1v) is 7.14. The van der Waals surface area contributed by atoms with E-state index in [1.165, 1.54) is 12.0 Å². The highest BCUT2D eigenvalue weighted by molar-refractivity contribution is 5.17. The van der Waals surface area contributed by atoms with Gasteiger partial charge >= 0.3 is 0 Å². The Hall–Kier alpha value is -1.72. The molecule has 0 radical (unpaired) electrons. The molecule has 106 valence electrons. The highest BCUT2D eigenvalue weighted by Gasteiger charge is 2.32. The Morgan fingerprint density at radius 3 is 3.15 bits per heavy atom. The van der Waals surface area contributed by atoms with Crippen LogP contribution >= 0.6 is 0 Å². The van der Waals surface area contributed by atoms with E-state index in [4.69, 9.17) is 0 Å². The van der Waals surface area contributed by atoms with Crippen molar-refractivity contribution >= 4 is 0 Å². The molecule has 0 bridgehead atoms. The number of hydrogen-bond acceptors (Lipinski definition) is 4. The lowest BCUT2D eigenvalue weighted by Crippen LogP contribution is -2.28. The van der Waals surface area contributed by atoms with Crippen molar-refractivity contribution in [2.45, 2.75) is 19.0 Å². The maximum absolute atomic E-state index is 4.26. The lowest BCUT2D eigenvalue weighted by Gasteiger charge is -2.25. The van der Waals surface area contributed by atoms with Crippen molar-refractivity contribution in [1.82, 2.24) is 25.2 Å². The Morgan fingerprint density at radius 2 is 2.40 bits per heavy atom. The van der Waals surface area contributed by atoms with Crippen molar-refractivity contribution in [3.63, 3.8) is 0 Å². The number of hydrogen-bond donors (Lipinski definition) is 2. The van der Waals surface area contributed by atoms with Gasteiger partial charge in [0.1, 0.15) is 5.82 Å². The topological polar surface area (TPSA) is 56.8 Å². The smallest absolute Gasteiger partial charge is 0.120 e. The average Bonchev–Trinajstić information content (AvgIpc) is 3.10. The summed E-state index contributed by atoms with van der Waals surface area (Å²) < 4.78 is 0. The molecule has 0 amide bonds. The van der Waals surface area contributed by atoms with Crippen molar-refractivity contribution < 1.29 is 0 Å². The summed E-state index contributed by atoms with van der Waals surface area (Å²) in [6.07, 6.45) is 8.70. The van der Waals surface area contributed by atoms with Gasteiger partial charge in [-0.25, -0.2) is 4.98 Å². The number of imidazole rings is 1. The van der Waals surface area contributed by atoms with Crippen LogP contribution in [-0.2, 0) is 6.54 Å². The van der Waals surface area contributed by atoms with E-state index in [1.807, 2.05) is 24.7 Å². The number of pyridine rings is 1. The molecule has 1 fully saturated rings. The molecular formula is C15H21N5. The van der Waals surface area contributed by atoms with E-state index in [9.17, 15) is 0 Å². The van der Waals surface area contributed by atoms with Crippen LogP contribution in [0.3, 0.4) is 0 Å². The summed E-state index contributed by atoms with van der Waals surface area (Å²) in [6.45, 7) is 2.95. The van der Waals surface area contributed by atoms with Crippen LogP contribution in [0.5, 0.6) is 0 Å². The van der Waals surface area contributed by atoms with Gasteiger partial charge in [-0.3, -0.25) is 9.88 Å². The molecule has 3 rings (SSSR count). The summed E-state index contributed by atoms with van der Waals surface area (Å²) in [5.41, 5.74) is 1.32. The Kier molecular flexibility index (Phi) is 4.08. The molecule has 0 spiro atoms. The van der Waals surface area contributed by atoms with Crippen molar-refractivity contribution in [3.05, 3.63) is 48.3 Å². The Bertz CT molecular complexity index is 510. The first-order valence-electron chi connectivity index (χ1n) is 7.14. The molecule has 0 aromatic carbocycles. The van der Waals surface area contributed by atoms with E-state index in [1.54, 1.807) is 6.20 Å². The first kappa shape index (κ1) is 13.3. The Labute approximate surface area is 119 Å². The van der Waals surface area contributed by atoms with Gasteiger partial charge in [0.05, 0.1) is 6.54 Å². The van der Waals surface area contributed by atoms with Crippen LogP contribution in [-0.4, -0.2) is 40.0 Å². The molecule has 2 N–H and O–H groups in total. The Morgan fingerprint density at radius 1 is 1.45 bits per heavy atom. The van der Waals surface area contributed by atoms with Crippen LogP contribution in [0.15, 0.2) is 36.9 Å². The maximum atomic E-state index is 4.26. The van der Waals surface area contributed by atoms with E-state index in [-0.39, 0.29) is 0 Å². The van der Waals surface area contributed by atoms with Gasteiger partial charge in [0, 0.05) is 37.4 Å². The van der Waals surface area contributed by atoms with Crippen molar-refractivity contribution in [1.29, 1.82) is 0 Å². The maximum Gasteiger partial charge on any atom is 0.120 e. The third-order valence-corrected chi connectivity index (χ3v) is 4.05. The van der Waals surface area contributed by atoms with E-state index in [2.05, 4.69) is 38.3 Å². The summed E-state index contributed by atoms with van der Waals surface area (Å²) >= 11 is 0. The van der Waals surface area contributed by atoms with E-state index in [0.29, 0.717) is 12.0 Å². The minimum Gasteiger partial charge on any atom is -0.348 e. The predicted octanol–water partition coefficient (Wildman–Crippen LogP) is 1.59. The summed E-state index contributed by atoms with van der Waals surface area (Å²) in [6, 6.07) is 4.67. The molecule has 1 aliphatic rings. The molecule has 2 aromatic heterocycles. The second kappa shape index (κ2) is 6.15. The van der Waals surface area contributed by atoms with E-state index in [0.717, 1.165) is 25.5 Å². The second-order valence-electron chi connectivity index (χ2n) is 5.43. The predicted molar refractivity (Wildman–Crippen MR) is 78.0 cm³/mol. The number of aromatic amines is 1. The zero-order valence-corrected chi connectivity index (χ0v) is 11.8. The molecule has 20 heavy (non-hydrogen) atoms. The number of nitrogens with zero attached hydrogens (tertiary/aromatic N) is 3. The minimum atomic E-state index is 0.466. The second-order valence-corrected chi connectivity index (χ2v) is 5.43. The monoisotopic (exact) mass is 271 g/mol. The number of rotatable bonds is 5. The van der Waals surface area contributed by atoms with Gasteiger partial charge in [-0.05, 0) is 37.6 Å². The fourth-order valence-electron chi connectivity index (χ4n) is 3.09. The zero-order chi connectivity index (χ0) is 13.8. The molecular weight excluding hydrogens is 250 g/mol. The highest BCUT2D eigenvalue weighted by atomic mass is 15.2. The van der Waals surface area contributed by atoms with Crippen LogP contribution < -0.4 is 5.32 Å². The number of aromatic nitrogens is 3. The fourth-order valence-corrected chi connectivity index (χ4v) is 3.09. The normalized spacial score (nSPS) is 23.2. The van der Waals surface area contributed by atoms with Crippen molar-refractivity contribution in [3.8, 4) is 0 Å². The van der Waals surface area contributed by atoms with E-state index >= 15 is 0 Å². The van der Waals surface area contributed by atoms with Crippen LogP contribution in [0.1, 0.15) is 23.9 Å². The third kappa shape index (κ3) is 2.89.